The van der Waals surface area contributed by atoms with E-state index in [0.717, 1.165) is 0 Å². The quantitative estimate of drug-likeness (QED) is 0.281. The Kier molecular flexibility index (Phi) is 357. The van der Waals surface area contributed by atoms with Gasteiger partial charge >= 0.3 is 73.8 Å². The molecule has 0 aromatic rings. The Labute approximate surface area is 138 Å². The Balaban J connectivity index is -0.0000000145. The van der Waals surface area contributed by atoms with Gasteiger partial charge in [0.25, 0.3) is 0 Å². The Bertz CT molecular complexity index is 163. The molecule has 14 heavy (non-hydrogen) atoms. The van der Waals surface area contributed by atoms with Gasteiger partial charge in [-0.3, -0.25) is 0 Å². The SMILES string of the molecule is N#C[O-].N#C[O-].N#C[O-].N#C[O-].[Au+3].[K+]. The Hall–Kier alpha value is -0.463. The van der Waals surface area contributed by atoms with Gasteiger partial charge in [-0.25, -0.2) is 21.0 Å². The van der Waals surface area contributed by atoms with Crippen LogP contribution >= 0.6 is 0 Å². The minimum Gasteiger partial charge on any atom is -0.812 e. The van der Waals surface area contributed by atoms with Crippen LogP contribution < -0.4 is 71.8 Å². The zero-order valence-electron chi connectivity index (χ0n) is 6.72. The first kappa shape index (κ1) is 37.5. The monoisotopic (exact) mass is 404 g/mol. The van der Waals surface area contributed by atoms with Gasteiger partial charge in [0.1, 0.15) is 0 Å². The fourth-order valence-electron chi connectivity index (χ4n) is 0. The zero-order chi connectivity index (χ0) is 10.8. The predicted molar refractivity (Wildman–Crippen MR) is 22.5 cm³/mol. The molecule has 0 spiro atoms. The van der Waals surface area contributed by atoms with Crippen LogP contribution in [0.2, 0.25) is 0 Å². The Morgan fingerprint density at radius 2 is 0.571 bits per heavy atom. The summed E-state index contributed by atoms with van der Waals surface area (Å²) in [5, 5.41) is 60.0. The second kappa shape index (κ2) is 133. The second-order valence-electron chi connectivity index (χ2n) is 0.365. The molecule has 0 aliphatic rings. The van der Waals surface area contributed by atoms with Crippen molar-refractivity contribution in [1.29, 1.82) is 21.0 Å². The van der Waals surface area contributed by atoms with Gasteiger partial charge < -0.3 is 20.4 Å². The third-order valence-electron chi connectivity index (χ3n) is 0. The molecule has 0 bridgehead atoms. The first-order valence-corrected chi connectivity index (χ1v) is 1.71. The summed E-state index contributed by atoms with van der Waals surface area (Å²) >= 11 is 0. The van der Waals surface area contributed by atoms with E-state index >= 15 is 0 Å². The Morgan fingerprint density at radius 1 is 0.571 bits per heavy atom. The molecule has 10 heteroatoms. The van der Waals surface area contributed by atoms with Crippen molar-refractivity contribution in [3.8, 4) is 25.0 Å². The molecule has 0 atom stereocenters. The van der Waals surface area contributed by atoms with Gasteiger partial charge in [0.2, 0.25) is 0 Å². The molecule has 0 radical (unpaired) electrons. The molecule has 8 nitrogen and oxygen atoms in total. The van der Waals surface area contributed by atoms with Gasteiger partial charge in [0.15, 0.2) is 0 Å². The van der Waals surface area contributed by atoms with E-state index in [9.17, 15) is 0 Å². The van der Waals surface area contributed by atoms with E-state index in [0.29, 0.717) is 25.0 Å². The van der Waals surface area contributed by atoms with E-state index in [4.69, 9.17) is 41.5 Å². The number of hydrogen-bond acceptors (Lipinski definition) is 8. The smallest absolute Gasteiger partial charge is 0.812 e. The summed E-state index contributed by atoms with van der Waals surface area (Å²) in [5.41, 5.74) is 0. The fourth-order valence-corrected chi connectivity index (χ4v) is 0. The van der Waals surface area contributed by atoms with E-state index in [-0.39, 0.29) is 73.8 Å². The summed E-state index contributed by atoms with van der Waals surface area (Å²) in [4.78, 5) is 0. The van der Waals surface area contributed by atoms with Crippen LogP contribution in [0.1, 0.15) is 0 Å². The minimum absolute atomic E-state index is 0. The third-order valence-corrected chi connectivity index (χ3v) is 0. The summed E-state index contributed by atoms with van der Waals surface area (Å²) in [5.74, 6) is 0. The van der Waals surface area contributed by atoms with Gasteiger partial charge in [-0.2, -0.15) is 0 Å². The number of rotatable bonds is 0. The van der Waals surface area contributed by atoms with E-state index < -0.39 is 0 Å². The average Bonchev–Trinajstić information content (AvgIpc) is 1.92. The molecular formula is C4AuKN4O4. The maximum Gasteiger partial charge on any atom is 3.00 e. The van der Waals surface area contributed by atoms with Crippen molar-refractivity contribution in [2.75, 3.05) is 0 Å². The molecule has 0 aliphatic heterocycles. The summed E-state index contributed by atoms with van der Waals surface area (Å²) in [6.07, 6.45) is 2.00. The van der Waals surface area contributed by atoms with Crippen LogP contribution in [0.25, 0.3) is 0 Å². The van der Waals surface area contributed by atoms with Gasteiger partial charge in [-0.1, -0.05) is 0 Å². The van der Waals surface area contributed by atoms with Crippen molar-refractivity contribution in [3.63, 3.8) is 0 Å². The van der Waals surface area contributed by atoms with E-state index in [1.807, 2.05) is 0 Å². The average molecular weight is 404 g/mol. The standard InChI is InChI=1S/4CHNO.Au.K/c4*2-1-3;;/h4*3H;;/q;;;;+3;+1/p-4. The summed E-state index contributed by atoms with van der Waals surface area (Å²) in [6, 6.07) is 0. The molecule has 0 aromatic carbocycles. The van der Waals surface area contributed by atoms with Crippen LogP contribution in [-0.4, -0.2) is 0 Å². The first-order valence-electron chi connectivity index (χ1n) is 1.71. The van der Waals surface area contributed by atoms with Gasteiger partial charge in [-0.15, -0.1) is 0 Å². The maximum atomic E-state index is 8.24. The second-order valence-corrected chi connectivity index (χ2v) is 0.365. The number of nitrogens with zero attached hydrogens (tertiary/aromatic N) is 4. The molecule has 0 aliphatic carbocycles. The van der Waals surface area contributed by atoms with Crippen molar-refractivity contribution in [2.24, 2.45) is 0 Å². The first-order chi connectivity index (χ1) is 5.66. The normalized spacial score (nSPS) is 2.00. The molecule has 0 aromatic heterocycles. The van der Waals surface area contributed by atoms with Crippen LogP contribution in [-0.2, 0) is 22.4 Å². The third kappa shape index (κ3) is 5970. The predicted octanol–water partition coefficient (Wildman–Crippen LogP) is -7.69. The van der Waals surface area contributed by atoms with Crippen molar-refractivity contribution in [3.05, 3.63) is 0 Å². The largest absolute Gasteiger partial charge is 3.00 e. The van der Waals surface area contributed by atoms with Crippen molar-refractivity contribution < 1.29 is 94.2 Å². The number of hydrogen-bond donors (Lipinski definition) is 0. The topological polar surface area (TPSA) is 187 Å². The summed E-state index contributed by atoms with van der Waals surface area (Å²) in [6.45, 7) is 0. The molecule has 0 amide bonds. The van der Waals surface area contributed by atoms with Gasteiger partial charge in [0.05, 0.1) is 0 Å². The minimum atomic E-state index is 0. The molecule has 0 heterocycles. The zero-order valence-corrected chi connectivity index (χ0v) is 12.0. The molecule has 0 unspecified atom stereocenters. The van der Waals surface area contributed by atoms with Crippen LogP contribution in [0.3, 0.4) is 0 Å². The van der Waals surface area contributed by atoms with E-state index in [2.05, 4.69) is 0 Å². The van der Waals surface area contributed by atoms with Gasteiger partial charge in [-0.05, 0) is 0 Å². The van der Waals surface area contributed by atoms with Crippen LogP contribution in [0.15, 0.2) is 0 Å². The molecule has 0 N–H and O–H groups in total. The molecule has 0 saturated carbocycles. The molecule has 72 valence electrons. The van der Waals surface area contributed by atoms with Crippen LogP contribution in [0.4, 0.5) is 0 Å². The fraction of sp³-hybridized carbons (Fsp3) is 0. The molecule has 0 fully saturated rings. The molecule has 0 saturated heterocycles. The molecular weight excluding hydrogens is 404 g/mol. The van der Waals surface area contributed by atoms with Crippen molar-refractivity contribution in [1.82, 2.24) is 0 Å². The summed E-state index contributed by atoms with van der Waals surface area (Å²) < 4.78 is 0. The molecule has 0 rings (SSSR count). The van der Waals surface area contributed by atoms with Crippen molar-refractivity contribution in [2.45, 2.75) is 0 Å². The Morgan fingerprint density at radius 3 is 0.571 bits per heavy atom. The van der Waals surface area contributed by atoms with Gasteiger partial charge in [0, 0.05) is 25.0 Å². The van der Waals surface area contributed by atoms with Crippen molar-refractivity contribution >= 4 is 0 Å². The maximum absolute atomic E-state index is 8.24. The van der Waals surface area contributed by atoms with E-state index in [1.165, 1.54) is 0 Å². The van der Waals surface area contributed by atoms with Crippen LogP contribution in [0.5, 0.6) is 0 Å². The van der Waals surface area contributed by atoms with Crippen LogP contribution in [0, 0.1) is 46.1 Å². The number of nitriles is 4. The van der Waals surface area contributed by atoms with E-state index in [1.54, 1.807) is 0 Å². The summed E-state index contributed by atoms with van der Waals surface area (Å²) in [7, 11) is 0.